The first-order chi connectivity index (χ1) is 12.6. The zero-order valence-corrected chi connectivity index (χ0v) is 14.9. The SMILES string of the molecule is COc1cc(NC(c2cccnc2)c2cccc(Cl)c2)ccc1C(N)=O. The van der Waals surface area contributed by atoms with Crippen molar-refractivity contribution in [2.75, 3.05) is 12.4 Å². The molecule has 1 atom stereocenters. The Morgan fingerprint density at radius 3 is 2.62 bits per heavy atom. The Balaban J connectivity index is 2.00. The fourth-order valence-electron chi connectivity index (χ4n) is 2.74. The molecule has 5 nitrogen and oxygen atoms in total. The summed E-state index contributed by atoms with van der Waals surface area (Å²) in [4.78, 5) is 15.7. The number of aromatic nitrogens is 1. The van der Waals surface area contributed by atoms with Gasteiger partial charge < -0.3 is 15.8 Å². The quantitative estimate of drug-likeness (QED) is 0.689. The van der Waals surface area contributed by atoms with Gasteiger partial charge in [-0.1, -0.05) is 29.8 Å². The lowest BCUT2D eigenvalue weighted by Gasteiger charge is -2.21. The van der Waals surface area contributed by atoms with Gasteiger partial charge in [0.25, 0.3) is 5.91 Å². The molecule has 0 aliphatic carbocycles. The zero-order valence-electron chi connectivity index (χ0n) is 14.1. The van der Waals surface area contributed by atoms with Gasteiger partial charge in [-0.05, 0) is 41.5 Å². The lowest BCUT2D eigenvalue weighted by atomic mass is 9.99. The first-order valence-corrected chi connectivity index (χ1v) is 8.36. The maximum atomic E-state index is 11.5. The van der Waals surface area contributed by atoms with Crippen LogP contribution in [-0.4, -0.2) is 18.0 Å². The van der Waals surface area contributed by atoms with Crippen molar-refractivity contribution in [3.63, 3.8) is 0 Å². The van der Waals surface area contributed by atoms with Gasteiger partial charge in [-0.15, -0.1) is 0 Å². The molecule has 0 aliphatic heterocycles. The number of amides is 1. The molecular weight excluding hydrogens is 350 g/mol. The fraction of sp³-hybridized carbons (Fsp3) is 0.100. The molecular formula is C20H18ClN3O2. The highest BCUT2D eigenvalue weighted by Crippen LogP contribution is 2.30. The van der Waals surface area contributed by atoms with Crippen molar-refractivity contribution in [1.82, 2.24) is 4.98 Å². The smallest absolute Gasteiger partial charge is 0.252 e. The number of rotatable bonds is 6. The third-order valence-electron chi connectivity index (χ3n) is 3.98. The van der Waals surface area contributed by atoms with E-state index in [0.29, 0.717) is 16.3 Å². The Kier molecular flexibility index (Phi) is 5.39. The summed E-state index contributed by atoms with van der Waals surface area (Å²) in [5, 5.41) is 4.10. The monoisotopic (exact) mass is 367 g/mol. The van der Waals surface area contributed by atoms with Crippen molar-refractivity contribution >= 4 is 23.2 Å². The molecule has 1 amide bonds. The van der Waals surface area contributed by atoms with Crippen molar-refractivity contribution in [3.05, 3.63) is 88.7 Å². The number of ether oxygens (including phenoxy) is 1. The molecule has 3 aromatic rings. The molecule has 26 heavy (non-hydrogen) atoms. The molecule has 1 heterocycles. The summed E-state index contributed by atoms with van der Waals surface area (Å²) in [6.45, 7) is 0. The minimum Gasteiger partial charge on any atom is -0.496 e. The highest BCUT2D eigenvalue weighted by molar-refractivity contribution is 6.30. The lowest BCUT2D eigenvalue weighted by Crippen LogP contribution is -2.15. The van der Waals surface area contributed by atoms with Crippen LogP contribution in [0.1, 0.15) is 27.5 Å². The van der Waals surface area contributed by atoms with E-state index in [2.05, 4.69) is 10.3 Å². The van der Waals surface area contributed by atoms with E-state index < -0.39 is 5.91 Å². The molecule has 0 saturated heterocycles. The van der Waals surface area contributed by atoms with Crippen LogP contribution in [0.15, 0.2) is 67.0 Å². The minimum atomic E-state index is -0.535. The number of primary amides is 1. The van der Waals surface area contributed by atoms with E-state index in [4.69, 9.17) is 22.1 Å². The van der Waals surface area contributed by atoms with Gasteiger partial charge in [0.1, 0.15) is 5.75 Å². The fourth-order valence-corrected chi connectivity index (χ4v) is 2.94. The van der Waals surface area contributed by atoms with Crippen LogP contribution in [0.5, 0.6) is 5.75 Å². The predicted octanol–water partition coefficient (Wildman–Crippen LogP) is 4.04. The van der Waals surface area contributed by atoms with E-state index in [0.717, 1.165) is 16.8 Å². The Labute approximate surface area is 156 Å². The third kappa shape index (κ3) is 3.95. The highest BCUT2D eigenvalue weighted by Gasteiger charge is 2.16. The Hall–Kier alpha value is -3.05. The topological polar surface area (TPSA) is 77.2 Å². The highest BCUT2D eigenvalue weighted by atomic mass is 35.5. The van der Waals surface area contributed by atoms with E-state index in [1.165, 1.54) is 7.11 Å². The number of carbonyl (C=O) groups excluding carboxylic acids is 1. The minimum absolute atomic E-state index is 0.175. The van der Waals surface area contributed by atoms with Gasteiger partial charge in [0.05, 0.1) is 18.7 Å². The number of hydrogen-bond donors (Lipinski definition) is 2. The molecule has 1 unspecified atom stereocenters. The van der Waals surface area contributed by atoms with Crippen LogP contribution in [0.3, 0.4) is 0 Å². The maximum absolute atomic E-state index is 11.5. The van der Waals surface area contributed by atoms with Crippen molar-refractivity contribution < 1.29 is 9.53 Å². The van der Waals surface area contributed by atoms with Gasteiger partial charge in [-0.3, -0.25) is 9.78 Å². The van der Waals surface area contributed by atoms with Crippen molar-refractivity contribution in [2.45, 2.75) is 6.04 Å². The van der Waals surface area contributed by atoms with Crippen LogP contribution in [-0.2, 0) is 0 Å². The van der Waals surface area contributed by atoms with Crippen LogP contribution in [0, 0.1) is 0 Å². The number of nitrogens with two attached hydrogens (primary N) is 1. The second-order valence-corrected chi connectivity index (χ2v) is 6.13. The number of pyridine rings is 1. The van der Waals surface area contributed by atoms with Crippen molar-refractivity contribution in [2.24, 2.45) is 5.73 Å². The molecule has 3 N–H and O–H groups in total. The van der Waals surface area contributed by atoms with E-state index in [1.54, 1.807) is 30.6 Å². The summed E-state index contributed by atoms with van der Waals surface area (Å²) in [7, 11) is 1.50. The van der Waals surface area contributed by atoms with Gasteiger partial charge in [-0.25, -0.2) is 0 Å². The Bertz CT molecular complexity index is 916. The van der Waals surface area contributed by atoms with Crippen molar-refractivity contribution in [1.29, 1.82) is 0 Å². The van der Waals surface area contributed by atoms with Crippen LogP contribution >= 0.6 is 11.6 Å². The van der Waals surface area contributed by atoms with Gasteiger partial charge >= 0.3 is 0 Å². The summed E-state index contributed by atoms with van der Waals surface area (Å²) in [6, 6.07) is 16.5. The van der Waals surface area contributed by atoms with Gasteiger partial charge in [-0.2, -0.15) is 0 Å². The van der Waals surface area contributed by atoms with E-state index in [-0.39, 0.29) is 6.04 Å². The largest absolute Gasteiger partial charge is 0.496 e. The van der Waals surface area contributed by atoms with Gasteiger partial charge in [0.15, 0.2) is 0 Å². The predicted molar refractivity (Wildman–Crippen MR) is 103 cm³/mol. The number of nitrogens with one attached hydrogen (secondary N) is 1. The normalized spacial score (nSPS) is 11.6. The molecule has 3 rings (SSSR count). The molecule has 1 aromatic heterocycles. The molecule has 132 valence electrons. The van der Waals surface area contributed by atoms with E-state index in [9.17, 15) is 4.79 Å². The molecule has 0 bridgehead atoms. The number of anilines is 1. The molecule has 6 heteroatoms. The zero-order chi connectivity index (χ0) is 18.5. The maximum Gasteiger partial charge on any atom is 0.252 e. The average Bonchev–Trinajstić information content (AvgIpc) is 2.66. The summed E-state index contributed by atoms with van der Waals surface area (Å²) in [6.07, 6.45) is 3.52. The van der Waals surface area contributed by atoms with Crippen LogP contribution in [0.2, 0.25) is 5.02 Å². The second-order valence-electron chi connectivity index (χ2n) is 5.70. The molecule has 0 spiro atoms. The molecule has 0 saturated carbocycles. The lowest BCUT2D eigenvalue weighted by molar-refractivity contribution is 0.0997. The number of nitrogens with zero attached hydrogens (tertiary/aromatic N) is 1. The van der Waals surface area contributed by atoms with Crippen LogP contribution < -0.4 is 15.8 Å². The van der Waals surface area contributed by atoms with Crippen LogP contribution in [0.25, 0.3) is 0 Å². The molecule has 2 aromatic carbocycles. The van der Waals surface area contributed by atoms with Gasteiger partial charge in [0, 0.05) is 29.2 Å². The summed E-state index contributed by atoms with van der Waals surface area (Å²) in [5.74, 6) is -0.120. The Morgan fingerprint density at radius 1 is 1.15 bits per heavy atom. The molecule has 0 aliphatic rings. The second kappa shape index (κ2) is 7.89. The number of carbonyl (C=O) groups is 1. The third-order valence-corrected chi connectivity index (χ3v) is 4.21. The summed E-state index contributed by atoms with van der Waals surface area (Å²) >= 11 is 6.17. The molecule has 0 fully saturated rings. The number of halogens is 1. The van der Waals surface area contributed by atoms with E-state index in [1.807, 2.05) is 36.4 Å². The summed E-state index contributed by atoms with van der Waals surface area (Å²) in [5.41, 5.74) is 8.46. The Morgan fingerprint density at radius 2 is 1.96 bits per heavy atom. The standard InChI is InChI=1S/C20H18ClN3O2/c1-26-18-11-16(7-8-17(18)20(22)25)24-19(14-5-3-9-23-12-14)13-4-2-6-15(21)10-13/h2-12,19,24H,1H3,(H2,22,25). The van der Waals surface area contributed by atoms with Crippen LogP contribution in [0.4, 0.5) is 5.69 Å². The first-order valence-electron chi connectivity index (χ1n) is 7.98. The first kappa shape index (κ1) is 17.8. The average molecular weight is 368 g/mol. The van der Waals surface area contributed by atoms with E-state index >= 15 is 0 Å². The summed E-state index contributed by atoms with van der Waals surface area (Å²) < 4.78 is 5.29. The number of methoxy groups -OCH3 is 1. The number of hydrogen-bond acceptors (Lipinski definition) is 4. The number of benzene rings is 2. The molecule has 0 radical (unpaired) electrons. The van der Waals surface area contributed by atoms with Crippen molar-refractivity contribution in [3.8, 4) is 5.75 Å². The van der Waals surface area contributed by atoms with Gasteiger partial charge in [0.2, 0.25) is 0 Å².